The molecule has 1 rings (SSSR count). The largest absolute Gasteiger partial charge is 0.274 e. The molecule has 1 aromatic rings. The number of likely N-dealkylation sites (N-methyl/N-ethyl adjacent to an activating group) is 1. The molecule has 4 heteroatoms. The van der Waals surface area contributed by atoms with E-state index >= 15 is 0 Å². The zero-order valence-electron chi connectivity index (χ0n) is 8.18. The predicted molar refractivity (Wildman–Crippen MR) is 53.1 cm³/mol. The van der Waals surface area contributed by atoms with E-state index in [2.05, 4.69) is 4.98 Å². The minimum Gasteiger partial charge on any atom is -0.274 e. The van der Waals surface area contributed by atoms with Gasteiger partial charge < -0.3 is 0 Å². The number of rotatable bonds is 3. The normalized spacial score (nSPS) is 10.4. The quantitative estimate of drug-likeness (QED) is 0.532. The van der Waals surface area contributed by atoms with Crippen LogP contribution < -0.4 is 0 Å². The maximum Gasteiger partial charge on any atom is 0.269 e. The molecule has 74 valence electrons. The van der Waals surface area contributed by atoms with E-state index in [1.54, 1.807) is 25.5 Å². The summed E-state index contributed by atoms with van der Waals surface area (Å²) in [4.78, 5) is 19.8. The van der Waals surface area contributed by atoms with Crippen LogP contribution in [0.1, 0.15) is 5.56 Å². The first-order valence-corrected chi connectivity index (χ1v) is 4.14. The number of nitrogens with zero attached hydrogens (tertiary/aromatic N) is 2. The maximum atomic E-state index is 11.2. The Morgan fingerprint density at radius 3 is 2.71 bits per heavy atom. The molecule has 0 fully saturated rings. The van der Waals surface area contributed by atoms with Crippen LogP contribution in [-0.4, -0.2) is 30.1 Å². The highest BCUT2D eigenvalue weighted by Gasteiger charge is 2.01. The van der Waals surface area contributed by atoms with E-state index in [1.807, 2.05) is 12.1 Å². The van der Waals surface area contributed by atoms with Crippen molar-refractivity contribution in [3.05, 3.63) is 36.2 Å². The van der Waals surface area contributed by atoms with Crippen molar-refractivity contribution >= 4 is 12.0 Å². The van der Waals surface area contributed by atoms with Crippen LogP contribution in [-0.2, 0) is 9.63 Å². The van der Waals surface area contributed by atoms with Crippen molar-refractivity contribution in [1.29, 1.82) is 0 Å². The second-order valence-corrected chi connectivity index (χ2v) is 2.63. The average Bonchev–Trinajstić information content (AvgIpc) is 2.26. The van der Waals surface area contributed by atoms with E-state index in [1.165, 1.54) is 13.2 Å². The minimum atomic E-state index is -0.204. The lowest BCUT2D eigenvalue weighted by atomic mass is 10.2. The maximum absolute atomic E-state index is 11.2. The molecule has 0 aliphatic rings. The third kappa shape index (κ3) is 2.99. The number of amides is 1. The predicted octanol–water partition coefficient (Wildman–Crippen LogP) is 1.11. The van der Waals surface area contributed by atoms with Crippen molar-refractivity contribution in [2.45, 2.75) is 0 Å². The first kappa shape index (κ1) is 10.4. The number of hydrogen-bond acceptors (Lipinski definition) is 3. The van der Waals surface area contributed by atoms with Gasteiger partial charge in [-0.2, -0.15) is 0 Å². The number of hydroxylamine groups is 2. The second kappa shape index (κ2) is 5.14. The van der Waals surface area contributed by atoms with Gasteiger partial charge in [0.2, 0.25) is 0 Å². The lowest BCUT2D eigenvalue weighted by Gasteiger charge is -2.09. The summed E-state index contributed by atoms with van der Waals surface area (Å²) in [5.74, 6) is -0.204. The molecule has 1 heterocycles. The van der Waals surface area contributed by atoms with Crippen molar-refractivity contribution in [3.8, 4) is 0 Å². The highest BCUT2D eigenvalue weighted by molar-refractivity contribution is 5.90. The van der Waals surface area contributed by atoms with Gasteiger partial charge in [-0.05, 0) is 23.8 Å². The third-order valence-corrected chi connectivity index (χ3v) is 1.71. The van der Waals surface area contributed by atoms with Gasteiger partial charge in [0.15, 0.2) is 0 Å². The monoisotopic (exact) mass is 192 g/mol. The molecule has 1 aromatic heterocycles. The fourth-order valence-corrected chi connectivity index (χ4v) is 0.837. The first-order chi connectivity index (χ1) is 6.74. The summed E-state index contributed by atoms with van der Waals surface area (Å²) in [6.07, 6.45) is 6.49. The molecule has 0 aliphatic heterocycles. The molecule has 0 N–H and O–H groups in total. The summed E-state index contributed by atoms with van der Waals surface area (Å²) >= 11 is 0. The van der Waals surface area contributed by atoms with Crippen molar-refractivity contribution in [3.63, 3.8) is 0 Å². The van der Waals surface area contributed by atoms with E-state index in [0.29, 0.717) is 0 Å². The number of aromatic nitrogens is 1. The molecule has 14 heavy (non-hydrogen) atoms. The van der Waals surface area contributed by atoms with E-state index < -0.39 is 0 Å². The fraction of sp³-hybridized carbons (Fsp3) is 0.200. The van der Waals surface area contributed by atoms with Gasteiger partial charge in [-0.1, -0.05) is 0 Å². The average molecular weight is 192 g/mol. The number of carbonyl (C=O) groups excluding carboxylic acids is 1. The molecule has 0 unspecified atom stereocenters. The molecular weight excluding hydrogens is 180 g/mol. The SMILES string of the molecule is CON(C)C(=O)/C=C/c1ccncc1. The Kier molecular flexibility index (Phi) is 3.82. The van der Waals surface area contributed by atoms with E-state index in [4.69, 9.17) is 4.84 Å². The topological polar surface area (TPSA) is 42.4 Å². The fourth-order valence-electron chi connectivity index (χ4n) is 0.837. The summed E-state index contributed by atoms with van der Waals surface area (Å²) in [6, 6.07) is 3.63. The molecule has 4 nitrogen and oxygen atoms in total. The zero-order chi connectivity index (χ0) is 10.4. The van der Waals surface area contributed by atoms with Gasteiger partial charge in [0.25, 0.3) is 5.91 Å². The summed E-state index contributed by atoms with van der Waals surface area (Å²) in [5, 5.41) is 1.15. The van der Waals surface area contributed by atoms with Gasteiger partial charge in [0.1, 0.15) is 0 Å². The summed E-state index contributed by atoms with van der Waals surface area (Å²) < 4.78 is 0. The van der Waals surface area contributed by atoms with Crippen LogP contribution in [0.25, 0.3) is 6.08 Å². The zero-order valence-corrected chi connectivity index (χ0v) is 8.18. The van der Waals surface area contributed by atoms with E-state index in [-0.39, 0.29) is 5.91 Å². The Hall–Kier alpha value is -1.68. The van der Waals surface area contributed by atoms with Crippen LogP contribution in [0.4, 0.5) is 0 Å². The lowest BCUT2D eigenvalue weighted by molar-refractivity contribution is -0.162. The van der Waals surface area contributed by atoms with Gasteiger partial charge in [-0.3, -0.25) is 14.6 Å². The molecule has 0 spiro atoms. The van der Waals surface area contributed by atoms with Crippen LogP contribution in [0.5, 0.6) is 0 Å². The molecular formula is C10H12N2O2. The number of carbonyl (C=O) groups is 1. The standard InChI is InChI=1S/C10H12N2O2/c1-12(14-2)10(13)4-3-9-5-7-11-8-6-9/h3-8H,1-2H3/b4-3+. The van der Waals surface area contributed by atoms with Crippen molar-refractivity contribution in [2.24, 2.45) is 0 Å². The van der Waals surface area contributed by atoms with Gasteiger partial charge in [-0.15, -0.1) is 0 Å². The van der Waals surface area contributed by atoms with Gasteiger partial charge >= 0.3 is 0 Å². The van der Waals surface area contributed by atoms with Gasteiger partial charge in [-0.25, -0.2) is 5.06 Å². The third-order valence-electron chi connectivity index (χ3n) is 1.71. The summed E-state index contributed by atoms with van der Waals surface area (Å²) in [7, 11) is 3.00. The Balaban J connectivity index is 2.61. The molecule has 0 aromatic carbocycles. The van der Waals surface area contributed by atoms with Crippen LogP contribution in [0, 0.1) is 0 Å². The Morgan fingerprint density at radius 1 is 1.50 bits per heavy atom. The van der Waals surface area contributed by atoms with Crippen molar-refractivity contribution in [2.75, 3.05) is 14.2 Å². The minimum absolute atomic E-state index is 0.204. The molecule has 0 atom stereocenters. The molecule has 0 bridgehead atoms. The van der Waals surface area contributed by atoms with E-state index in [9.17, 15) is 4.79 Å². The Bertz CT molecular complexity index is 322. The second-order valence-electron chi connectivity index (χ2n) is 2.63. The Morgan fingerprint density at radius 2 is 2.14 bits per heavy atom. The first-order valence-electron chi connectivity index (χ1n) is 4.14. The molecule has 0 saturated carbocycles. The van der Waals surface area contributed by atoms with Crippen LogP contribution in [0.3, 0.4) is 0 Å². The van der Waals surface area contributed by atoms with E-state index in [0.717, 1.165) is 10.6 Å². The molecule has 0 saturated heterocycles. The summed E-state index contributed by atoms with van der Waals surface area (Å²) in [6.45, 7) is 0. The van der Waals surface area contributed by atoms with Crippen LogP contribution >= 0.6 is 0 Å². The highest BCUT2D eigenvalue weighted by atomic mass is 16.7. The van der Waals surface area contributed by atoms with Crippen LogP contribution in [0.15, 0.2) is 30.6 Å². The summed E-state index contributed by atoms with van der Waals surface area (Å²) in [5.41, 5.74) is 0.929. The van der Waals surface area contributed by atoms with Gasteiger partial charge in [0, 0.05) is 25.5 Å². The molecule has 0 radical (unpaired) electrons. The number of hydrogen-bond donors (Lipinski definition) is 0. The van der Waals surface area contributed by atoms with Crippen molar-refractivity contribution in [1.82, 2.24) is 10.0 Å². The molecule has 0 aliphatic carbocycles. The van der Waals surface area contributed by atoms with Crippen LogP contribution in [0.2, 0.25) is 0 Å². The highest BCUT2D eigenvalue weighted by Crippen LogP contribution is 1.99. The van der Waals surface area contributed by atoms with Crippen molar-refractivity contribution < 1.29 is 9.63 Å². The Labute approximate surface area is 82.8 Å². The lowest BCUT2D eigenvalue weighted by Crippen LogP contribution is -2.22. The van der Waals surface area contributed by atoms with Gasteiger partial charge in [0.05, 0.1) is 7.11 Å². The smallest absolute Gasteiger partial charge is 0.269 e. The molecule has 1 amide bonds. The number of pyridine rings is 1.